The fourth-order valence-corrected chi connectivity index (χ4v) is 2.31. The van der Waals surface area contributed by atoms with E-state index in [1.165, 1.54) is 24.3 Å². The molecule has 0 saturated carbocycles. The average Bonchev–Trinajstić information content (AvgIpc) is 2.78. The van der Waals surface area contributed by atoms with E-state index in [-0.39, 0.29) is 22.2 Å². The van der Waals surface area contributed by atoms with Gasteiger partial charge >= 0.3 is 6.18 Å². The molecule has 0 fully saturated rings. The van der Waals surface area contributed by atoms with Crippen LogP contribution in [0.5, 0.6) is 0 Å². The Bertz CT molecular complexity index is 614. The molecule has 120 valence electrons. The Morgan fingerprint density at radius 1 is 1.36 bits per heavy atom. The van der Waals surface area contributed by atoms with Crippen LogP contribution in [0.15, 0.2) is 33.8 Å². The third-order valence-electron chi connectivity index (χ3n) is 3.41. The molecule has 0 spiro atoms. The van der Waals surface area contributed by atoms with Crippen LogP contribution < -0.4 is 0 Å². The van der Waals surface area contributed by atoms with Crippen molar-refractivity contribution in [1.82, 2.24) is 5.01 Å². The number of hydrogen-bond acceptors (Lipinski definition) is 3. The van der Waals surface area contributed by atoms with E-state index in [1.54, 1.807) is 13.8 Å². The van der Waals surface area contributed by atoms with E-state index < -0.39 is 24.2 Å². The molecule has 1 aliphatic rings. The van der Waals surface area contributed by atoms with Crippen LogP contribution >= 0.6 is 15.9 Å². The minimum Gasteiger partial charge on any atom is -0.362 e. The van der Waals surface area contributed by atoms with Crippen LogP contribution in [-0.2, 0) is 0 Å². The second kappa shape index (κ2) is 5.66. The molecule has 0 aliphatic carbocycles. The molecule has 0 saturated heterocycles. The molecule has 22 heavy (non-hydrogen) atoms. The van der Waals surface area contributed by atoms with Crippen molar-refractivity contribution in [2.45, 2.75) is 32.2 Å². The summed E-state index contributed by atoms with van der Waals surface area (Å²) in [5, 5.41) is 13.9. The minimum absolute atomic E-state index is 0.0135. The summed E-state index contributed by atoms with van der Waals surface area (Å²) in [6.07, 6.45) is -5.74. The first-order valence-electron chi connectivity index (χ1n) is 6.53. The van der Waals surface area contributed by atoms with Crippen LogP contribution in [0.2, 0.25) is 0 Å². The number of halogens is 4. The van der Waals surface area contributed by atoms with Crippen molar-refractivity contribution in [3.63, 3.8) is 0 Å². The second-order valence-electron chi connectivity index (χ2n) is 5.36. The third-order valence-corrected chi connectivity index (χ3v) is 3.94. The molecule has 0 aromatic heterocycles. The molecule has 1 aliphatic heterocycles. The molecule has 1 atom stereocenters. The number of alkyl halides is 3. The molecule has 0 unspecified atom stereocenters. The second-order valence-corrected chi connectivity index (χ2v) is 6.28. The first-order chi connectivity index (χ1) is 10.1. The lowest BCUT2D eigenvalue weighted by atomic mass is 9.99. The Hall–Kier alpha value is -1.41. The SMILES string of the molecule is CC(C)C1=NN(C(=O)c2ccc(Br)cc2)[C@](O)(C(F)(F)F)C1. The van der Waals surface area contributed by atoms with Crippen molar-refractivity contribution in [2.75, 3.05) is 0 Å². The van der Waals surface area contributed by atoms with Crippen LogP contribution in [-0.4, -0.2) is 33.6 Å². The summed E-state index contributed by atoms with van der Waals surface area (Å²) in [6, 6.07) is 5.80. The average molecular weight is 379 g/mol. The van der Waals surface area contributed by atoms with Crippen molar-refractivity contribution in [1.29, 1.82) is 0 Å². The van der Waals surface area contributed by atoms with Crippen LogP contribution in [0, 0.1) is 5.92 Å². The lowest BCUT2D eigenvalue weighted by Gasteiger charge is -2.32. The predicted octanol–water partition coefficient (Wildman–Crippen LogP) is 3.56. The molecular weight excluding hydrogens is 365 g/mol. The van der Waals surface area contributed by atoms with Gasteiger partial charge in [0.1, 0.15) is 0 Å². The molecule has 1 aromatic carbocycles. The van der Waals surface area contributed by atoms with Crippen molar-refractivity contribution in [3.8, 4) is 0 Å². The number of carbonyl (C=O) groups excluding carboxylic acids is 1. The van der Waals surface area contributed by atoms with Gasteiger partial charge in [-0.15, -0.1) is 0 Å². The maximum Gasteiger partial charge on any atom is 0.438 e. The van der Waals surface area contributed by atoms with Gasteiger partial charge in [-0.3, -0.25) is 4.79 Å². The first kappa shape index (κ1) is 17.0. The molecule has 4 nitrogen and oxygen atoms in total. The summed E-state index contributed by atoms with van der Waals surface area (Å²) in [5.41, 5.74) is -3.17. The van der Waals surface area contributed by atoms with Gasteiger partial charge in [0.2, 0.25) is 0 Å². The number of rotatable bonds is 2. The summed E-state index contributed by atoms with van der Waals surface area (Å²) in [7, 11) is 0. The maximum atomic E-state index is 13.2. The monoisotopic (exact) mass is 378 g/mol. The number of benzene rings is 1. The summed E-state index contributed by atoms with van der Waals surface area (Å²) < 4.78 is 40.4. The Balaban J connectivity index is 2.43. The molecule has 1 heterocycles. The van der Waals surface area contributed by atoms with Crippen molar-refractivity contribution >= 4 is 27.5 Å². The number of hydrazone groups is 1. The quantitative estimate of drug-likeness (QED) is 0.855. The Morgan fingerprint density at radius 3 is 2.36 bits per heavy atom. The normalized spacial score (nSPS) is 22.2. The van der Waals surface area contributed by atoms with Crippen molar-refractivity contribution in [3.05, 3.63) is 34.3 Å². The highest BCUT2D eigenvalue weighted by molar-refractivity contribution is 9.10. The zero-order valence-electron chi connectivity index (χ0n) is 11.9. The van der Waals surface area contributed by atoms with Gasteiger partial charge in [-0.25, -0.2) is 0 Å². The van der Waals surface area contributed by atoms with Gasteiger partial charge in [0.05, 0.1) is 0 Å². The summed E-state index contributed by atoms with van der Waals surface area (Å²) in [5.74, 6) is -1.31. The lowest BCUT2D eigenvalue weighted by molar-refractivity contribution is -0.297. The Morgan fingerprint density at radius 2 is 1.91 bits per heavy atom. The molecule has 0 bridgehead atoms. The van der Waals surface area contributed by atoms with Gasteiger partial charge in [0.25, 0.3) is 11.6 Å². The van der Waals surface area contributed by atoms with E-state index >= 15 is 0 Å². The zero-order valence-corrected chi connectivity index (χ0v) is 13.4. The van der Waals surface area contributed by atoms with Gasteiger partial charge in [-0.2, -0.15) is 23.3 Å². The van der Waals surface area contributed by atoms with Crippen LogP contribution in [0.1, 0.15) is 30.6 Å². The highest BCUT2D eigenvalue weighted by atomic mass is 79.9. The highest BCUT2D eigenvalue weighted by Gasteiger charge is 2.63. The van der Waals surface area contributed by atoms with E-state index in [9.17, 15) is 23.1 Å². The van der Waals surface area contributed by atoms with Gasteiger partial charge in [0, 0.05) is 22.2 Å². The molecular formula is C14H14BrF3N2O2. The fourth-order valence-electron chi connectivity index (χ4n) is 2.04. The summed E-state index contributed by atoms with van der Waals surface area (Å²) in [4.78, 5) is 12.3. The number of aliphatic hydroxyl groups is 1. The van der Waals surface area contributed by atoms with E-state index in [2.05, 4.69) is 21.0 Å². The summed E-state index contributed by atoms with van der Waals surface area (Å²) >= 11 is 3.18. The minimum atomic E-state index is -5.00. The fraction of sp³-hybridized carbons (Fsp3) is 0.429. The molecule has 0 radical (unpaired) electrons. The number of hydrogen-bond donors (Lipinski definition) is 1. The van der Waals surface area contributed by atoms with Gasteiger partial charge in [-0.1, -0.05) is 29.8 Å². The topological polar surface area (TPSA) is 52.9 Å². The van der Waals surface area contributed by atoms with Gasteiger partial charge < -0.3 is 5.11 Å². The predicted molar refractivity (Wildman–Crippen MR) is 78.2 cm³/mol. The lowest BCUT2D eigenvalue weighted by Crippen LogP contribution is -2.56. The largest absolute Gasteiger partial charge is 0.438 e. The maximum absolute atomic E-state index is 13.2. The van der Waals surface area contributed by atoms with Crippen molar-refractivity contribution < 1.29 is 23.1 Å². The third kappa shape index (κ3) is 2.89. The molecule has 8 heteroatoms. The van der Waals surface area contributed by atoms with Gasteiger partial charge in [0.15, 0.2) is 0 Å². The molecule has 1 amide bonds. The number of amides is 1. The smallest absolute Gasteiger partial charge is 0.362 e. The Labute approximate surface area is 133 Å². The molecule has 1 aromatic rings. The van der Waals surface area contributed by atoms with Crippen LogP contribution in [0.3, 0.4) is 0 Å². The van der Waals surface area contributed by atoms with Crippen LogP contribution in [0.25, 0.3) is 0 Å². The van der Waals surface area contributed by atoms with Crippen molar-refractivity contribution in [2.24, 2.45) is 11.0 Å². The van der Waals surface area contributed by atoms with E-state index in [1.807, 2.05) is 0 Å². The number of nitrogens with zero attached hydrogens (tertiary/aromatic N) is 2. The van der Waals surface area contributed by atoms with E-state index in [0.29, 0.717) is 4.47 Å². The number of carbonyl (C=O) groups is 1. The van der Waals surface area contributed by atoms with Gasteiger partial charge in [-0.05, 0) is 30.2 Å². The first-order valence-corrected chi connectivity index (χ1v) is 7.32. The zero-order chi connectivity index (χ0) is 16.7. The van der Waals surface area contributed by atoms with E-state index in [0.717, 1.165) is 0 Å². The molecule has 1 N–H and O–H groups in total. The Kier molecular flexibility index (Phi) is 4.36. The summed E-state index contributed by atoms with van der Waals surface area (Å²) in [6.45, 7) is 3.31. The van der Waals surface area contributed by atoms with Crippen LogP contribution in [0.4, 0.5) is 13.2 Å². The standard InChI is InChI=1S/C14H14BrF3N2O2/c1-8(2)11-7-13(22,14(16,17)18)20(19-11)12(21)9-3-5-10(15)6-4-9/h3-6,8,22H,7H2,1-2H3/t13-/m1/s1. The van der Waals surface area contributed by atoms with E-state index in [4.69, 9.17) is 0 Å². The molecule has 2 rings (SSSR count). The highest BCUT2D eigenvalue weighted by Crippen LogP contribution is 2.42.